The minimum atomic E-state index is -0.851. The van der Waals surface area contributed by atoms with Gasteiger partial charge in [-0.2, -0.15) is 0 Å². The zero-order valence-electron chi connectivity index (χ0n) is 14.6. The Labute approximate surface area is 152 Å². The maximum Gasteiger partial charge on any atom is 0.248 e. The molecule has 0 aliphatic heterocycles. The van der Waals surface area contributed by atoms with E-state index in [1.54, 1.807) is 61.5 Å². The molecular formula is C20H24N2O4. The first-order valence-corrected chi connectivity index (χ1v) is 8.37. The van der Waals surface area contributed by atoms with E-state index in [2.05, 4.69) is 5.32 Å². The molecule has 5 N–H and O–H groups in total. The summed E-state index contributed by atoms with van der Waals surface area (Å²) in [6.45, 7) is 1.84. The molecule has 0 aliphatic carbocycles. The number of carbonyl (C=O) groups is 1. The Morgan fingerprint density at radius 3 is 2.65 bits per heavy atom. The molecule has 0 saturated heterocycles. The third-order valence-corrected chi connectivity index (χ3v) is 3.85. The number of nitrogens with one attached hydrogen (secondary N) is 1. The summed E-state index contributed by atoms with van der Waals surface area (Å²) in [4.78, 5) is 12.0. The molecule has 0 unspecified atom stereocenters. The number of hydrogen-bond acceptors (Lipinski definition) is 5. The molecule has 6 heteroatoms. The van der Waals surface area contributed by atoms with Crippen molar-refractivity contribution in [3.63, 3.8) is 0 Å². The lowest BCUT2D eigenvalue weighted by molar-refractivity contribution is -0.111. The predicted octanol–water partition coefficient (Wildman–Crippen LogP) is 2.50. The fourth-order valence-corrected chi connectivity index (χ4v) is 2.42. The summed E-state index contributed by atoms with van der Waals surface area (Å²) in [5.74, 6) is -0.143. The van der Waals surface area contributed by atoms with Crippen LogP contribution in [0.4, 0.5) is 11.4 Å². The number of aliphatic hydroxyl groups is 2. The monoisotopic (exact) mass is 356 g/mol. The van der Waals surface area contributed by atoms with E-state index in [9.17, 15) is 9.90 Å². The number of benzene rings is 2. The average molecular weight is 356 g/mol. The van der Waals surface area contributed by atoms with Gasteiger partial charge in [-0.3, -0.25) is 4.79 Å². The third-order valence-electron chi connectivity index (χ3n) is 3.85. The number of nitrogens with two attached hydrogens (primary N) is 1. The highest BCUT2D eigenvalue weighted by molar-refractivity contribution is 6.01. The molecule has 1 amide bonds. The zero-order valence-corrected chi connectivity index (χ0v) is 14.6. The normalized spacial score (nSPS) is 13.3. The van der Waals surface area contributed by atoms with Crippen LogP contribution in [0.2, 0.25) is 0 Å². The van der Waals surface area contributed by atoms with E-state index < -0.39 is 6.10 Å². The fourth-order valence-electron chi connectivity index (χ4n) is 2.42. The van der Waals surface area contributed by atoms with Crippen molar-refractivity contribution in [1.29, 1.82) is 0 Å². The van der Waals surface area contributed by atoms with E-state index in [1.807, 2.05) is 0 Å². The van der Waals surface area contributed by atoms with Gasteiger partial charge in [0.2, 0.25) is 5.91 Å². The number of hydrogen-bond donors (Lipinski definition) is 4. The molecule has 0 aromatic heterocycles. The van der Waals surface area contributed by atoms with Gasteiger partial charge < -0.3 is 26.0 Å². The van der Waals surface area contributed by atoms with Gasteiger partial charge in [0.1, 0.15) is 12.4 Å². The smallest absolute Gasteiger partial charge is 0.248 e. The molecule has 26 heavy (non-hydrogen) atoms. The van der Waals surface area contributed by atoms with E-state index in [4.69, 9.17) is 15.6 Å². The van der Waals surface area contributed by atoms with Gasteiger partial charge in [0, 0.05) is 11.5 Å². The van der Waals surface area contributed by atoms with Crippen molar-refractivity contribution in [2.24, 2.45) is 5.92 Å². The van der Waals surface area contributed by atoms with Crippen molar-refractivity contribution in [3.05, 3.63) is 66.2 Å². The van der Waals surface area contributed by atoms with Crippen LogP contribution in [0.5, 0.6) is 5.75 Å². The van der Waals surface area contributed by atoms with Crippen molar-refractivity contribution in [1.82, 2.24) is 0 Å². The first-order valence-electron chi connectivity index (χ1n) is 8.37. The van der Waals surface area contributed by atoms with Crippen LogP contribution in [-0.4, -0.2) is 29.3 Å². The molecule has 0 fully saturated rings. The second-order valence-electron chi connectivity index (χ2n) is 5.85. The summed E-state index contributed by atoms with van der Waals surface area (Å²) in [5, 5.41) is 22.2. The van der Waals surface area contributed by atoms with E-state index in [0.29, 0.717) is 22.7 Å². The molecule has 0 spiro atoms. The molecule has 2 aromatic rings. The minimum Gasteiger partial charge on any atom is -0.491 e. The second kappa shape index (κ2) is 9.60. The first-order chi connectivity index (χ1) is 12.5. The van der Waals surface area contributed by atoms with E-state index in [1.165, 1.54) is 6.08 Å². The predicted molar refractivity (Wildman–Crippen MR) is 102 cm³/mol. The van der Waals surface area contributed by atoms with Crippen molar-refractivity contribution in [3.8, 4) is 5.75 Å². The quantitative estimate of drug-likeness (QED) is 0.430. The minimum absolute atomic E-state index is 0.108. The largest absolute Gasteiger partial charge is 0.491 e. The lowest BCUT2D eigenvalue weighted by Crippen LogP contribution is -2.13. The molecule has 0 saturated carbocycles. The number of nitrogen functional groups attached to an aromatic ring is 1. The Kier molecular flexibility index (Phi) is 7.20. The second-order valence-corrected chi connectivity index (χ2v) is 5.85. The van der Waals surface area contributed by atoms with Crippen molar-refractivity contribution >= 4 is 17.3 Å². The Balaban J connectivity index is 2.02. The van der Waals surface area contributed by atoms with Crippen LogP contribution in [0, 0.1) is 5.92 Å². The van der Waals surface area contributed by atoms with E-state index in [-0.39, 0.29) is 25.0 Å². The summed E-state index contributed by atoms with van der Waals surface area (Å²) >= 11 is 0. The lowest BCUT2D eigenvalue weighted by Gasteiger charge is -2.19. The SMILES string of the molecule is C[C@@H](/C=C/C(=O)Nc1ccccc1N)[C@H](O)c1ccccc1OCCO. The number of carbonyl (C=O) groups excluding carboxylic acids is 1. The van der Waals surface area contributed by atoms with Gasteiger partial charge in [-0.1, -0.05) is 43.3 Å². The number of ether oxygens (including phenoxy) is 1. The molecule has 2 rings (SSSR count). The molecule has 6 nitrogen and oxygen atoms in total. The average Bonchev–Trinajstić information content (AvgIpc) is 2.66. The Hall–Kier alpha value is -2.83. The maximum atomic E-state index is 12.0. The number of anilines is 2. The van der Waals surface area contributed by atoms with E-state index >= 15 is 0 Å². The van der Waals surface area contributed by atoms with Crippen molar-refractivity contribution in [2.75, 3.05) is 24.3 Å². The van der Waals surface area contributed by atoms with Crippen LogP contribution in [0.3, 0.4) is 0 Å². The molecule has 0 heterocycles. The van der Waals surface area contributed by atoms with Gasteiger partial charge in [-0.25, -0.2) is 0 Å². The Morgan fingerprint density at radius 1 is 1.23 bits per heavy atom. The Bertz CT molecular complexity index is 761. The van der Waals surface area contributed by atoms with Crippen molar-refractivity contribution < 1.29 is 19.7 Å². The van der Waals surface area contributed by atoms with Gasteiger partial charge in [-0.15, -0.1) is 0 Å². The third kappa shape index (κ3) is 5.34. The topological polar surface area (TPSA) is 105 Å². The molecule has 2 atom stereocenters. The highest BCUT2D eigenvalue weighted by atomic mass is 16.5. The molecule has 0 bridgehead atoms. The summed E-state index contributed by atoms with van der Waals surface area (Å²) in [5.41, 5.74) is 7.42. The van der Waals surface area contributed by atoms with Crippen LogP contribution in [0.25, 0.3) is 0 Å². The summed E-state index contributed by atoms with van der Waals surface area (Å²) in [6, 6.07) is 14.1. The molecule has 2 aromatic carbocycles. The highest BCUT2D eigenvalue weighted by Gasteiger charge is 2.18. The van der Waals surface area contributed by atoms with Gasteiger partial charge in [0.25, 0.3) is 0 Å². The summed E-state index contributed by atoms with van der Waals surface area (Å²) < 4.78 is 5.45. The number of aliphatic hydroxyl groups excluding tert-OH is 2. The van der Waals surface area contributed by atoms with Crippen molar-refractivity contribution in [2.45, 2.75) is 13.0 Å². The first kappa shape index (κ1) is 19.5. The summed E-state index contributed by atoms with van der Waals surface area (Å²) in [6.07, 6.45) is 2.15. The maximum absolute atomic E-state index is 12.0. The molecule has 0 aliphatic rings. The number of amides is 1. The summed E-state index contributed by atoms with van der Waals surface area (Å²) in [7, 11) is 0. The van der Waals surface area contributed by atoms with Gasteiger partial charge in [0.15, 0.2) is 0 Å². The highest BCUT2D eigenvalue weighted by Crippen LogP contribution is 2.30. The number of rotatable bonds is 8. The van der Waals surface area contributed by atoms with Gasteiger partial charge >= 0.3 is 0 Å². The van der Waals surface area contributed by atoms with Gasteiger partial charge in [0.05, 0.1) is 24.1 Å². The van der Waals surface area contributed by atoms with Crippen LogP contribution < -0.4 is 15.8 Å². The zero-order chi connectivity index (χ0) is 18.9. The van der Waals surface area contributed by atoms with Crippen LogP contribution in [0.1, 0.15) is 18.6 Å². The van der Waals surface area contributed by atoms with Crippen LogP contribution in [0.15, 0.2) is 60.7 Å². The lowest BCUT2D eigenvalue weighted by atomic mass is 9.96. The Morgan fingerprint density at radius 2 is 1.92 bits per heavy atom. The van der Waals surface area contributed by atoms with Crippen LogP contribution in [-0.2, 0) is 4.79 Å². The molecule has 138 valence electrons. The van der Waals surface area contributed by atoms with E-state index in [0.717, 1.165) is 0 Å². The number of para-hydroxylation sites is 3. The van der Waals surface area contributed by atoms with Crippen LogP contribution >= 0.6 is 0 Å². The standard InChI is InChI=1S/C20H24N2O4/c1-14(10-11-19(24)22-17-8-4-3-7-16(17)21)20(25)15-6-2-5-9-18(15)26-13-12-23/h2-11,14,20,23,25H,12-13,21H2,1H3,(H,22,24)/b11-10+/t14-,20-/m0/s1. The molecular weight excluding hydrogens is 332 g/mol. The molecule has 0 radical (unpaired) electrons. The van der Waals surface area contributed by atoms with Gasteiger partial charge in [-0.05, 0) is 24.3 Å². The fraction of sp³-hybridized carbons (Fsp3) is 0.250.